The smallest absolute Gasteiger partial charge is 0.328 e. The second kappa shape index (κ2) is 7.92. The molecule has 140 valence electrons. The van der Waals surface area contributed by atoms with Crippen LogP contribution in [0.4, 0.5) is 5.69 Å². The Morgan fingerprint density at radius 3 is 2.63 bits per heavy atom. The van der Waals surface area contributed by atoms with Crippen LogP contribution in [0.25, 0.3) is 0 Å². The number of anilines is 1. The lowest BCUT2D eigenvalue weighted by molar-refractivity contribution is 0.102. The number of methoxy groups -OCH3 is 2. The van der Waals surface area contributed by atoms with Gasteiger partial charge in [0, 0.05) is 22.8 Å². The van der Waals surface area contributed by atoms with Gasteiger partial charge in [0.1, 0.15) is 5.56 Å². The third-order valence-corrected chi connectivity index (χ3v) is 4.70. The maximum absolute atomic E-state index is 12.6. The Bertz CT molecular complexity index is 1070. The van der Waals surface area contributed by atoms with Crippen LogP contribution >= 0.6 is 11.3 Å². The summed E-state index contributed by atoms with van der Waals surface area (Å²) in [6.07, 6.45) is 1.12. The van der Waals surface area contributed by atoms with Gasteiger partial charge < -0.3 is 19.8 Å². The summed E-state index contributed by atoms with van der Waals surface area (Å²) in [6.45, 7) is 0.101. The Morgan fingerprint density at radius 1 is 1.19 bits per heavy atom. The molecule has 0 saturated carbocycles. The van der Waals surface area contributed by atoms with Crippen molar-refractivity contribution in [1.29, 1.82) is 0 Å². The van der Waals surface area contributed by atoms with Crippen LogP contribution < -0.4 is 26.0 Å². The molecule has 0 aliphatic heterocycles. The summed E-state index contributed by atoms with van der Waals surface area (Å²) in [5, 5.41) is 4.47. The predicted octanol–water partition coefficient (Wildman–Crippen LogP) is 1.92. The van der Waals surface area contributed by atoms with Gasteiger partial charge in [0.15, 0.2) is 11.5 Å². The lowest BCUT2D eigenvalue weighted by Crippen LogP contribution is -2.39. The largest absolute Gasteiger partial charge is 0.493 e. The summed E-state index contributed by atoms with van der Waals surface area (Å²) in [6, 6.07) is 8.47. The van der Waals surface area contributed by atoms with Crippen LogP contribution in [0.2, 0.25) is 0 Å². The second-order valence-electron chi connectivity index (χ2n) is 5.50. The van der Waals surface area contributed by atoms with E-state index in [-0.39, 0.29) is 12.1 Å². The van der Waals surface area contributed by atoms with E-state index >= 15 is 0 Å². The van der Waals surface area contributed by atoms with Crippen molar-refractivity contribution in [2.24, 2.45) is 0 Å². The zero-order valence-electron chi connectivity index (χ0n) is 14.6. The van der Waals surface area contributed by atoms with E-state index < -0.39 is 17.2 Å². The molecular weight excluding hydrogens is 370 g/mol. The number of ether oxygens (including phenoxy) is 2. The van der Waals surface area contributed by atoms with Gasteiger partial charge in [0.25, 0.3) is 11.5 Å². The van der Waals surface area contributed by atoms with Gasteiger partial charge >= 0.3 is 5.69 Å². The van der Waals surface area contributed by atoms with Gasteiger partial charge in [-0.25, -0.2) is 4.79 Å². The maximum Gasteiger partial charge on any atom is 0.328 e. The number of aromatic amines is 1. The minimum absolute atomic E-state index is 0.101. The van der Waals surface area contributed by atoms with E-state index in [1.807, 2.05) is 17.5 Å². The fourth-order valence-electron chi connectivity index (χ4n) is 2.49. The number of thiophene rings is 1. The summed E-state index contributed by atoms with van der Waals surface area (Å²) in [4.78, 5) is 40.4. The Morgan fingerprint density at radius 2 is 1.96 bits per heavy atom. The monoisotopic (exact) mass is 387 g/mol. The highest BCUT2D eigenvalue weighted by Gasteiger charge is 2.16. The fraction of sp³-hybridized carbons (Fsp3) is 0.167. The molecule has 1 amide bonds. The van der Waals surface area contributed by atoms with E-state index in [9.17, 15) is 14.4 Å². The van der Waals surface area contributed by atoms with Gasteiger partial charge in [-0.05, 0) is 23.6 Å². The highest BCUT2D eigenvalue weighted by Crippen LogP contribution is 2.29. The van der Waals surface area contributed by atoms with Crippen molar-refractivity contribution in [3.8, 4) is 11.5 Å². The van der Waals surface area contributed by atoms with Gasteiger partial charge in [-0.2, -0.15) is 0 Å². The lowest BCUT2D eigenvalue weighted by Gasteiger charge is -2.11. The zero-order chi connectivity index (χ0) is 19.4. The Balaban J connectivity index is 1.89. The van der Waals surface area contributed by atoms with Crippen LogP contribution in [0, 0.1) is 0 Å². The first-order valence-electron chi connectivity index (χ1n) is 7.91. The Hall–Kier alpha value is -3.33. The Kier molecular flexibility index (Phi) is 5.41. The molecule has 3 rings (SSSR count). The number of nitrogens with one attached hydrogen (secondary N) is 2. The normalized spacial score (nSPS) is 10.4. The van der Waals surface area contributed by atoms with E-state index in [4.69, 9.17) is 9.47 Å². The van der Waals surface area contributed by atoms with Crippen molar-refractivity contribution in [2.75, 3.05) is 19.5 Å². The van der Waals surface area contributed by atoms with E-state index in [2.05, 4.69) is 10.3 Å². The van der Waals surface area contributed by atoms with Crippen molar-refractivity contribution < 1.29 is 14.3 Å². The SMILES string of the molecule is COc1ccc(NC(=O)c2c[nH]c(=O)n(Cc3cccs3)c2=O)cc1OC. The molecule has 0 fully saturated rings. The average Bonchev–Trinajstić information content (AvgIpc) is 3.18. The van der Waals surface area contributed by atoms with Crippen molar-refractivity contribution in [3.63, 3.8) is 0 Å². The van der Waals surface area contributed by atoms with Gasteiger partial charge in [-0.1, -0.05) is 6.07 Å². The molecule has 0 bridgehead atoms. The summed E-state index contributed by atoms with van der Waals surface area (Å²) in [5.41, 5.74) is -0.977. The van der Waals surface area contributed by atoms with Crippen molar-refractivity contribution in [3.05, 3.63) is 73.2 Å². The van der Waals surface area contributed by atoms with Crippen molar-refractivity contribution in [2.45, 2.75) is 6.54 Å². The highest BCUT2D eigenvalue weighted by atomic mass is 32.1. The van der Waals surface area contributed by atoms with Crippen molar-refractivity contribution in [1.82, 2.24) is 9.55 Å². The predicted molar refractivity (Wildman–Crippen MR) is 102 cm³/mol. The minimum Gasteiger partial charge on any atom is -0.493 e. The molecule has 8 nitrogen and oxygen atoms in total. The summed E-state index contributed by atoms with van der Waals surface area (Å²) < 4.78 is 11.3. The molecule has 0 spiro atoms. The zero-order valence-corrected chi connectivity index (χ0v) is 15.5. The van der Waals surface area contributed by atoms with Crippen LogP contribution in [-0.2, 0) is 6.54 Å². The van der Waals surface area contributed by atoms with Crippen LogP contribution in [0.1, 0.15) is 15.2 Å². The number of hydrogen-bond donors (Lipinski definition) is 2. The third-order valence-electron chi connectivity index (χ3n) is 3.84. The second-order valence-corrected chi connectivity index (χ2v) is 6.53. The van der Waals surface area contributed by atoms with Crippen LogP contribution in [-0.4, -0.2) is 29.7 Å². The lowest BCUT2D eigenvalue weighted by atomic mass is 10.2. The van der Waals surface area contributed by atoms with E-state index in [1.165, 1.54) is 25.6 Å². The van der Waals surface area contributed by atoms with Gasteiger partial charge in [-0.3, -0.25) is 14.2 Å². The quantitative estimate of drug-likeness (QED) is 0.673. The molecule has 27 heavy (non-hydrogen) atoms. The number of amides is 1. The first-order chi connectivity index (χ1) is 13.0. The number of rotatable bonds is 6. The van der Waals surface area contributed by atoms with Crippen LogP contribution in [0.5, 0.6) is 11.5 Å². The first kappa shape index (κ1) is 18.5. The summed E-state index contributed by atoms with van der Waals surface area (Å²) in [7, 11) is 2.99. The van der Waals surface area contributed by atoms with E-state index in [0.29, 0.717) is 17.2 Å². The third kappa shape index (κ3) is 3.93. The molecule has 9 heteroatoms. The number of benzene rings is 1. The van der Waals surface area contributed by atoms with Gasteiger partial charge in [0.2, 0.25) is 0 Å². The molecule has 2 aromatic heterocycles. The summed E-state index contributed by atoms with van der Waals surface area (Å²) in [5.74, 6) is 0.313. The number of nitrogens with zero attached hydrogens (tertiary/aromatic N) is 1. The van der Waals surface area contributed by atoms with E-state index in [1.54, 1.807) is 18.2 Å². The number of carbonyl (C=O) groups excluding carboxylic acids is 1. The number of carbonyl (C=O) groups is 1. The summed E-state index contributed by atoms with van der Waals surface area (Å²) >= 11 is 1.42. The first-order valence-corrected chi connectivity index (χ1v) is 8.79. The molecule has 2 heterocycles. The van der Waals surface area contributed by atoms with Crippen molar-refractivity contribution >= 4 is 22.9 Å². The molecule has 0 saturated heterocycles. The topological polar surface area (TPSA) is 102 Å². The molecule has 1 aromatic carbocycles. The molecular formula is C18H17N3O5S. The molecule has 2 N–H and O–H groups in total. The molecule has 0 radical (unpaired) electrons. The fourth-order valence-corrected chi connectivity index (χ4v) is 3.18. The van der Waals surface area contributed by atoms with E-state index in [0.717, 1.165) is 15.6 Å². The standard InChI is InChI=1S/C18H17N3O5S/c1-25-14-6-5-11(8-15(14)26-2)20-16(22)13-9-19-18(24)21(17(13)23)10-12-4-3-7-27-12/h3-9H,10H2,1-2H3,(H,19,24)(H,20,22). The molecule has 0 atom stereocenters. The van der Waals surface area contributed by atoms with Gasteiger partial charge in [0.05, 0.1) is 20.8 Å². The number of hydrogen-bond acceptors (Lipinski definition) is 6. The number of H-pyrrole nitrogens is 1. The number of aromatic nitrogens is 2. The Labute approximate surface area is 158 Å². The molecule has 0 aliphatic rings. The highest BCUT2D eigenvalue weighted by molar-refractivity contribution is 7.09. The molecule has 3 aromatic rings. The van der Waals surface area contributed by atoms with Crippen LogP contribution in [0.15, 0.2) is 51.5 Å². The minimum atomic E-state index is -0.662. The van der Waals surface area contributed by atoms with Gasteiger partial charge in [-0.15, -0.1) is 11.3 Å². The average molecular weight is 387 g/mol. The maximum atomic E-state index is 12.6. The molecule has 0 aliphatic carbocycles. The van der Waals surface area contributed by atoms with Crippen LogP contribution in [0.3, 0.4) is 0 Å². The molecule has 0 unspecified atom stereocenters.